The SMILES string of the molecule is Cc1cc(=O)c(C(=O)NCCNC(=O)C(C)C)nn1-c1ccccc1F. The Labute approximate surface area is 150 Å². The highest BCUT2D eigenvalue weighted by Gasteiger charge is 2.16. The van der Waals surface area contributed by atoms with Crippen molar-refractivity contribution in [1.82, 2.24) is 20.4 Å². The van der Waals surface area contributed by atoms with E-state index in [9.17, 15) is 18.8 Å². The molecule has 7 nitrogen and oxygen atoms in total. The lowest BCUT2D eigenvalue weighted by Gasteiger charge is -2.12. The number of halogens is 1. The standard InChI is InChI=1S/C18H21FN4O3/c1-11(2)17(25)20-8-9-21-18(26)16-15(24)10-12(3)23(22-16)14-7-5-4-6-13(14)19/h4-7,10-11H,8-9H2,1-3H3,(H,20,25)(H,21,26). The van der Waals surface area contributed by atoms with Crippen molar-refractivity contribution in [2.75, 3.05) is 13.1 Å². The van der Waals surface area contributed by atoms with Crippen molar-refractivity contribution in [3.05, 3.63) is 57.8 Å². The van der Waals surface area contributed by atoms with Crippen molar-refractivity contribution in [2.24, 2.45) is 5.92 Å². The summed E-state index contributed by atoms with van der Waals surface area (Å²) < 4.78 is 15.2. The van der Waals surface area contributed by atoms with E-state index in [1.54, 1.807) is 26.8 Å². The van der Waals surface area contributed by atoms with Gasteiger partial charge in [-0.05, 0) is 19.1 Å². The number of rotatable bonds is 6. The Morgan fingerprint density at radius 2 is 1.85 bits per heavy atom. The van der Waals surface area contributed by atoms with E-state index < -0.39 is 17.2 Å². The van der Waals surface area contributed by atoms with Gasteiger partial charge in [-0.1, -0.05) is 26.0 Å². The van der Waals surface area contributed by atoms with E-state index in [0.29, 0.717) is 5.69 Å². The Kier molecular flexibility index (Phi) is 6.21. The minimum atomic E-state index is -0.682. The predicted molar refractivity (Wildman–Crippen MR) is 94.7 cm³/mol. The first-order valence-corrected chi connectivity index (χ1v) is 8.23. The van der Waals surface area contributed by atoms with E-state index in [4.69, 9.17) is 0 Å². The quantitative estimate of drug-likeness (QED) is 0.757. The van der Waals surface area contributed by atoms with E-state index in [1.165, 1.54) is 28.9 Å². The van der Waals surface area contributed by atoms with Gasteiger partial charge >= 0.3 is 0 Å². The van der Waals surface area contributed by atoms with Crippen molar-refractivity contribution in [1.29, 1.82) is 0 Å². The molecule has 0 saturated carbocycles. The zero-order valence-corrected chi connectivity index (χ0v) is 14.9. The van der Waals surface area contributed by atoms with Gasteiger partial charge in [0, 0.05) is 30.8 Å². The summed E-state index contributed by atoms with van der Waals surface area (Å²) in [6.45, 7) is 5.50. The molecule has 0 fully saturated rings. The van der Waals surface area contributed by atoms with Crippen LogP contribution in [-0.4, -0.2) is 34.7 Å². The summed E-state index contributed by atoms with van der Waals surface area (Å²) in [6, 6.07) is 7.17. The lowest BCUT2D eigenvalue weighted by Crippen LogP contribution is -2.38. The molecule has 26 heavy (non-hydrogen) atoms. The molecule has 2 aromatic rings. The Balaban J connectivity index is 2.15. The fraction of sp³-hybridized carbons (Fsp3) is 0.333. The number of aromatic nitrogens is 2. The topological polar surface area (TPSA) is 93.1 Å². The highest BCUT2D eigenvalue weighted by atomic mass is 19.1. The van der Waals surface area contributed by atoms with E-state index in [0.717, 1.165) is 0 Å². The van der Waals surface area contributed by atoms with E-state index in [1.807, 2.05) is 0 Å². The van der Waals surface area contributed by atoms with Crippen LogP contribution in [0.2, 0.25) is 0 Å². The van der Waals surface area contributed by atoms with Crippen molar-refractivity contribution in [3.63, 3.8) is 0 Å². The second kappa shape index (κ2) is 8.37. The lowest BCUT2D eigenvalue weighted by molar-refractivity contribution is -0.123. The number of amides is 2. The van der Waals surface area contributed by atoms with Crippen LogP contribution in [0.15, 0.2) is 35.1 Å². The molecule has 1 aromatic heterocycles. The predicted octanol–water partition coefficient (Wildman–Crippen LogP) is 1.18. The average molecular weight is 360 g/mol. The molecule has 0 saturated heterocycles. The molecule has 2 rings (SSSR count). The highest BCUT2D eigenvalue weighted by molar-refractivity contribution is 5.92. The maximum absolute atomic E-state index is 14.0. The molecular weight excluding hydrogens is 339 g/mol. The van der Waals surface area contributed by atoms with Crippen LogP contribution in [0, 0.1) is 18.7 Å². The largest absolute Gasteiger partial charge is 0.354 e. The van der Waals surface area contributed by atoms with Gasteiger partial charge < -0.3 is 10.6 Å². The summed E-state index contributed by atoms with van der Waals surface area (Å²) >= 11 is 0. The molecule has 2 N–H and O–H groups in total. The maximum Gasteiger partial charge on any atom is 0.275 e. The van der Waals surface area contributed by atoms with E-state index >= 15 is 0 Å². The first-order valence-electron chi connectivity index (χ1n) is 8.23. The van der Waals surface area contributed by atoms with Crippen molar-refractivity contribution < 1.29 is 14.0 Å². The van der Waals surface area contributed by atoms with Gasteiger partial charge in [0.25, 0.3) is 5.91 Å². The number of nitrogens with zero attached hydrogens (tertiary/aromatic N) is 2. The Bertz CT molecular complexity index is 877. The molecule has 0 aliphatic rings. The van der Waals surface area contributed by atoms with Gasteiger partial charge in [-0.3, -0.25) is 14.4 Å². The third-order valence-corrected chi connectivity index (χ3v) is 3.64. The van der Waals surface area contributed by atoms with Crippen LogP contribution in [0.1, 0.15) is 30.0 Å². The number of hydrogen-bond donors (Lipinski definition) is 2. The van der Waals surface area contributed by atoms with Crippen LogP contribution in [0.3, 0.4) is 0 Å². The molecule has 0 bridgehead atoms. The van der Waals surface area contributed by atoms with Gasteiger partial charge in [-0.15, -0.1) is 0 Å². The van der Waals surface area contributed by atoms with Crippen molar-refractivity contribution >= 4 is 11.8 Å². The third kappa shape index (κ3) is 4.53. The molecule has 0 radical (unpaired) electrons. The summed E-state index contributed by atoms with van der Waals surface area (Å²) in [5.74, 6) is -1.49. The summed E-state index contributed by atoms with van der Waals surface area (Å²) in [7, 11) is 0. The second-order valence-electron chi connectivity index (χ2n) is 6.06. The Hall–Kier alpha value is -3.03. The normalized spacial score (nSPS) is 10.7. The molecule has 1 aromatic carbocycles. The molecule has 2 amide bonds. The molecule has 0 aliphatic carbocycles. The van der Waals surface area contributed by atoms with Crippen molar-refractivity contribution in [3.8, 4) is 5.69 Å². The number of carbonyl (C=O) groups excluding carboxylic acids is 2. The summed E-state index contributed by atoms with van der Waals surface area (Å²) in [5.41, 5.74) is -0.350. The van der Waals surface area contributed by atoms with Crippen LogP contribution < -0.4 is 16.1 Å². The Morgan fingerprint density at radius 1 is 1.19 bits per heavy atom. The molecule has 0 aliphatic heterocycles. The number of para-hydroxylation sites is 1. The summed E-state index contributed by atoms with van der Waals surface area (Å²) in [5, 5.41) is 9.18. The van der Waals surface area contributed by atoms with Gasteiger partial charge in [-0.25, -0.2) is 9.07 Å². The molecule has 0 unspecified atom stereocenters. The number of carbonyl (C=O) groups is 2. The highest BCUT2D eigenvalue weighted by Crippen LogP contribution is 2.12. The maximum atomic E-state index is 14.0. The van der Waals surface area contributed by atoms with Crippen LogP contribution in [0.4, 0.5) is 4.39 Å². The molecular formula is C18H21FN4O3. The van der Waals surface area contributed by atoms with Gasteiger partial charge in [0.2, 0.25) is 11.3 Å². The third-order valence-electron chi connectivity index (χ3n) is 3.64. The van der Waals surface area contributed by atoms with Gasteiger partial charge in [0.05, 0.1) is 0 Å². The van der Waals surface area contributed by atoms with Crippen LogP contribution in [0.5, 0.6) is 0 Å². The minimum absolute atomic E-state index is 0.130. The zero-order chi connectivity index (χ0) is 19.3. The smallest absolute Gasteiger partial charge is 0.275 e. The molecule has 0 atom stereocenters. The molecule has 1 heterocycles. The first-order chi connectivity index (χ1) is 12.3. The Morgan fingerprint density at radius 3 is 2.50 bits per heavy atom. The molecule has 8 heteroatoms. The zero-order valence-electron chi connectivity index (χ0n) is 14.9. The van der Waals surface area contributed by atoms with Crippen LogP contribution >= 0.6 is 0 Å². The molecule has 138 valence electrons. The number of benzene rings is 1. The van der Waals surface area contributed by atoms with E-state index in [2.05, 4.69) is 15.7 Å². The lowest BCUT2D eigenvalue weighted by atomic mass is 10.2. The number of aryl methyl sites for hydroxylation is 1. The fourth-order valence-electron chi connectivity index (χ4n) is 2.22. The fourth-order valence-corrected chi connectivity index (χ4v) is 2.22. The molecule has 0 spiro atoms. The summed E-state index contributed by atoms with van der Waals surface area (Å²) in [4.78, 5) is 35.8. The van der Waals surface area contributed by atoms with Gasteiger partial charge in [0.1, 0.15) is 11.5 Å². The summed E-state index contributed by atoms with van der Waals surface area (Å²) in [6.07, 6.45) is 0. The minimum Gasteiger partial charge on any atom is -0.354 e. The number of hydrogen-bond acceptors (Lipinski definition) is 4. The van der Waals surface area contributed by atoms with Crippen molar-refractivity contribution in [2.45, 2.75) is 20.8 Å². The van der Waals surface area contributed by atoms with E-state index in [-0.39, 0.29) is 36.3 Å². The number of nitrogens with one attached hydrogen (secondary N) is 2. The van der Waals surface area contributed by atoms with Crippen LogP contribution in [0.25, 0.3) is 5.69 Å². The second-order valence-corrected chi connectivity index (χ2v) is 6.06. The first kappa shape index (κ1) is 19.3. The van der Waals surface area contributed by atoms with Gasteiger partial charge in [-0.2, -0.15) is 5.10 Å². The average Bonchev–Trinajstić information content (AvgIpc) is 2.59. The van der Waals surface area contributed by atoms with Gasteiger partial charge in [0.15, 0.2) is 5.69 Å². The van der Waals surface area contributed by atoms with Crippen LogP contribution in [-0.2, 0) is 4.79 Å². The monoisotopic (exact) mass is 360 g/mol.